The van der Waals surface area contributed by atoms with E-state index in [9.17, 15) is 0 Å². The van der Waals surface area contributed by atoms with Crippen LogP contribution < -0.4 is 5.73 Å². The van der Waals surface area contributed by atoms with E-state index in [0.29, 0.717) is 0 Å². The number of rotatable bonds is 9. The molecule has 0 saturated heterocycles. The van der Waals surface area contributed by atoms with Crippen LogP contribution in [0.2, 0.25) is 0 Å². The minimum absolute atomic E-state index is 0.140. The van der Waals surface area contributed by atoms with Gasteiger partial charge >= 0.3 is 0 Å². The maximum absolute atomic E-state index is 6.04. The molecule has 1 atom stereocenters. The van der Waals surface area contributed by atoms with Gasteiger partial charge in [-0.25, -0.2) is 0 Å². The van der Waals surface area contributed by atoms with Crippen molar-refractivity contribution in [3.63, 3.8) is 0 Å². The third-order valence-electron chi connectivity index (χ3n) is 4.40. The zero-order valence-corrected chi connectivity index (χ0v) is 11.5. The van der Waals surface area contributed by atoms with Crippen molar-refractivity contribution in [2.45, 2.75) is 44.6 Å². The number of hydrogen-bond donors (Lipinski definition) is 1. The highest BCUT2D eigenvalue weighted by atomic mass is 16.5. The quantitative estimate of drug-likeness (QED) is 0.668. The van der Waals surface area contributed by atoms with Crippen LogP contribution in [0.15, 0.2) is 0 Å². The molecule has 2 saturated carbocycles. The van der Waals surface area contributed by atoms with Gasteiger partial charge in [0.1, 0.15) is 0 Å². The molecule has 0 spiro atoms. The molecule has 0 bridgehead atoms. The molecule has 0 amide bonds. The first-order valence-corrected chi connectivity index (χ1v) is 7.12. The molecule has 0 heterocycles. The van der Waals surface area contributed by atoms with Gasteiger partial charge < -0.3 is 10.5 Å². The SMILES string of the molecule is COCCC(C)(CN)N(CC1CC1)CC1CC1. The first kappa shape index (κ1) is 13.3. The van der Waals surface area contributed by atoms with Crippen molar-refractivity contribution in [1.29, 1.82) is 0 Å². The summed E-state index contributed by atoms with van der Waals surface area (Å²) in [4.78, 5) is 2.67. The van der Waals surface area contributed by atoms with Crippen LogP contribution in [0.25, 0.3) is 0 Å². The third-order valence-corrected chi connectivity index (χ3v) is 4.40. The standard InChI is InChI=1S/C14H28N2O/c1-14(11-15,7-8-17-2)16(9-12-3-4-12)10-13-5-6-13/h12-13H,3-11,15H2,1-2H3. The summed E-state index contributed by atoms with van der Waals surface area (Å²) in [5.74, 6) is 1.89. The maximum atomic E-state index is 6.04. The molecule has 2 N–H and O–H groups in total. The van der Waals surface area contributed by atoms with Crippen LogP contribution in [-0.2, 0) is 4.74 Å². The summed E-state index contributed by atoms with van der Waals surface area (Å²) in [6.45, 7) is 6.40. The van der Waals surface area contributed by atoms with Gasteiger partial charge in [-0.2, -0.15) is 0 Å². The van der Waals surface area contributed by atoms with Gasteiger partial charge in [0.2, 0.25) is 0 Å². The van der Waals surface area contributed by atoms with Crippen LogP contribution in [0.5, 0.6) is 0 Å². The normalized spacial score (nSPS) is 24.0. The molecular weight excluding hydrogens is 212 g/mol. The molecule has 2 aliphatic carbocycles. The molecule has 1 unspecified atom stereocenters. The van der Waals surface area contributed by atoms with E-state index < -0.39 is 0 Å². The van der Waals surface area contributed by atoms with E-state index in [1.54, 1.807) is 7.11 Å². The van der Waals surface area contributed by atoms with Gasteiger partial charge in [0.15, 0.2) is 0 Å². The van der Waals surface area contributed by atoms with E-state index in [2.05, 4.69) is 11.8 Å². The summed E-state index contributed by atoms with van der Waals surface area (Å²) in [7, 11) is 1.78. The average molecular weight is 240 g/mol. The number of hydrogen-bond acceptors (Lipinski definition) is 3. The van der Waals surface area contributed by atoms with Gasteiger partial charge in [-0.15, -0.1) is 0 Å². The Morgan fingerprint density at radius 1 is 1.18 bits per heavy atom. The molecule has 0 radical (unpaired) electrons. The monoisotopic (exact) mass is 240 g/mol. The van der Waals surface area contributed by atoms with Crippen molar-refractivity contribution in [1.82, 2.24) is 4.90 Å². The van der Waals surface area contributed by atoms with Crippen molar-refractivity contribution in [3.05, 3.63) is 0 Å². The summed E-state index contributed by atoms with van der Waals surface area (Å²) in [5.41, 5.74) is 6.18. The molecule has 100 valence electrons. The van der Waals surface area contributed by atoms with E-state index in [4.69, 9.17) is 10.5 Å². The van der Waals surface area contributed by atoms with E-state index >= 15 is 0 Å². The van der Waals surface area contributed by atoms with Gasteiger partial charge in [-0.3, -0.25) is 4.90 Å². The molecule has 3 nitrogen and oxygen atoms in total. The van der Waals surface area contributed by atoms with Crippen molar-refractivity contribution in [2.75, 3.05) is 33.4 Å². The fourth-order valence-corrected chi connectivity index (χ4v) is 2.45. The predicted octanol–water partition coefficient (Wildman–Crippen LogP) is 1.86. The highest BCUT2D eigenvalue weighted by Crippen LogP contribution is 2.37. The molecule has 2 aliphatic rings. The summed E-state index contributed by atoms with van der Waals surface area (Å²) in [6, 6.07) is 0. The second-order valence-corrected chi connectivity index (χ2v) is 6.24. The summed E-state index contributed by atoms with van der Waals surface area (Å²) in [6.07, 6.45) is 6.75. The van der Waals surface area contributed by atoms with E-state index in [0.717, 1.165) is 31.4 Å². The third kappa shape index (κ3) is 3.94. The van der Waals surface area contributed by atoms with Gasteiger partial charge in [0.25, 0.3) is 0 Å². The lowest BCUT2D eigenvalue weighted by atomic mass is 9.94. The lowest BCUT2D eigenvalue weighted by Crippen LogP contribution is -2.53. The summed E-state index contributed by atoms with van der Waals surface area (Å²) < 4.78 is 5.25. The predicted molar refractivity (Wildman–Crippen MR) is 71.0 cm³/mol. The van der Waals surface area contributed by atoms with Gasteiger partial charge in [-0.1, -0.05) is 0 Å². The molecule has 2 fully saturated rings. The number of nitrogens with two attached hydrogens (primary N) is 1. The Morgan fingerprint density at radius 2 is 1.71 bits per heavy atom. The fraction of sp³-hybridized carbons (Fsp3) is 1.00. The molecule has 0 aliphatic heterocycles. The fourth-order valence-electron chi connectivity index (χ4n) is 2.45. The lowest BCUT2D eigenvalue weighted by Gasteiger charge is -2.41. The minimum atomic E-state index is 0.140. The smallest absolute Gasteiger partial charge is 0.0480 e. The number of methoxy groups -OCH3 is 1. The summed E-state index contributed by atoms with van der Waals surface area (Å²) >= 11 is 0. The molecule has 0 aromatic rings. The molecule has 0 aromatic heterocycles. The van der Waals surface area contributed by atoms with Crippen LogP contribution in [0.1, 0.15) is 39.0 Å². The number of ether oxygens (including phenoxy) is 1. The van der Waals surface area contributed by atoms with Gasteiger partial charge in [-0.05, 0) is 50.9 Å². The van der Waals surface area contributed by atoms with Crippen LogP contribution in [0.3, 0.4) is 0 Å². The van der Waals surface area contributed by atoms with E-state index in [1.807, 2.05) is 0 Å². The first-order valence-electron chi connectivity index (χ1n) is 7.12. The minimum Gasteiger partial charge on any atom is -0.385 e. The highest BCUT2D eigenvalue weighted by molar-refractivity contribution is 4.93. The molecular formula is C14H28N2O. The molecule has 2 rings (SSSR count). The van der Waals surface area contributed by atoms with Crippen LogP contribution in [0.4, 0.5) is 0 Å². The second-order valence-electron chi connectivity index (χ2n) is 6.24. The largest absolute Gasteiger partial charge is 0.385 e. The highest BCUT2D eigenvalue weighted by Gasteiger charge is 2.37. The maximum Gasteiger partial charge on any atom is 0.0480 e. The van der Waals surface area contributed by atoms with Crippen LogP contribution in [-0.4, -0.2) is 43.8 Å². The Labute approximate surface area is 106 Å². The van der Waals surface area contributed by atoms with E-state index in [-0.39, 0.29) is 5.54 Å². The molecule has 0 aromatic carbocycles. The Morgan fingerprint density at radius 3 is 2.06 bits per heavy atom. The van der Waals surface area contributed by atoms with Crippen LogP contribution in [0, 0.1) is 11.8 Å². The van der Waals surface area contributed by atoms with E-state index in [1.165, 1.54) is 38.8 Å². The van der Waals surface area contributed by atoms with Gasteiger partial charge in [0.05, 0.1) is 0 Å². The Balaban J connectivity index is 1.92. The molecule has 17 heavy (non-hydrogen) atoms. The van der Waals surface area contributed by atoms with Crippen LogP contribution >= 0.6 is 0 Å². The van der Waals surface area contributed by atoms with Gasteiger partial charge in [0, 0.05) is 38.9 Å². The number of nitrogens with zero attached hydrogens (tertiary/aromatic N) is 1. The Hall–Kier alpha value is -0.120. The van der Waals surface area contributed by atoms with Crippen molar-refractivity contribution in [3.8, 4) is 0 Å². The second kappa shape index (κ2) is 5.68. The Kier molecular flexibility index (Phi) is 4.45. The molecule has 3 heteroatoms. The zero-order valence-electron chi connectivity index (χ0n) is 11.5. The Bertz CT molecular complexity index is 224. The summed E-state index contributed by atoms with van der Waals surface area (Å²) in [5, 5.41) is 0. The van der Waals surface area contributed by atoms with Crippen molar-refractivity contribution < 1.29 is 4.74 Å². The zero-order chi connectivity index (χ0) is 12.3. The lowest BCUT2D eigenvalue weighted by molar-refractivity contribution is 0.0605. The average Bonchev–Trinajstić information content (AvgIpc) is 3.19. The topological polar surface area (TPSA) is 38.5 Å². The van der Waals surface area contributed by atoms with Crippen molar-refractivity contribution >= 4 is 0 Å². The van der Waals surface area contributed by atoms with Crippen molar-refractivity contribution in [2.24, 2.45) is 17.6 Å². The first-order chi connectivity index (χ1) is 8.18.